The first-order valence-corrected chi connectivity index (χ1v) is 11.0. The van der Waals surface area contributed by atoms with Crippen LogP contribution in [0.4, 0.5) is 0 Å². The standard InChI is InChI=1S/C31H23N/c1-22-10-8-9-15-29(22)32-30-18-16-25(23-11-4-2-5-12-23)20-27(30)28-21-26(17-19-31(28)32)24-13-6-3-7-14-24/h2-21H,1H3. The fourth-order valence-electron chi connectivity index (χ4n) is 4.72. The maximum Gasteiger partial charge on any atom is 0.0541 e. The lowest BCUT2D eigenvalue weighted by Gasteiger charge is -2.11. The summed E-state index contributed by atoms with van der Waals surface area (Å²) in [5.74, 6) is 0. The van der Waals surface area contributed by atoms with Gasteiger partial charge in [0.1, 0.15) is 0 Å². The molecule has 0 fully saturated rings. The van der Waals surface area contributed by atoms with Crippen molar-refractivity contribution in [2.24, 2.45) is 0 Å². The minimum atomic E-state index is 1.23. The van der Waals surface area contributed by atoms with Crippen molar-refractivity contribution in [3.8, 4) is 27.9 Å². The number of rotatable bonds is 3. The Balaban J connectivity index is 1.69. The molecule has 0 saturated carbocycles. The van der Waals surface area contributed by atoms with Crippen LogP contribution in [0.1, 0.15) is 5.56 Å². The highest BCUT2D eigenvalue weighted by Crippen LogP contribution is 2.37. The van der Waals surface area contributed by atoms with Crippen LogP contribution in [0.15, 0.2) is 121 Å². The van der Waals surface area contributed by atoms with Gasteiger partial charge in [0.05, 0.1) is 11.0 Å². The van der Waals surface area contributed by atoms with E-state index in [-0.39, 0.29) is 0 Å². The number of nitrogens with zero attached hydrogens (tertiary/aromatic N) is 1. The van der Waals surface area contributed by atoms with Crippen LogP contribution in [0.3, 0.4) is 0 Å². The van der Waals surface area contributed by atoms with Crippen LogP contribution in [0.25, 0.3) is 49.7 Å². The van der Waals surface area contributed by atoms with Crippen molar-refractivity contribution >= 4 is 21.8 Å². The molecule has 32 heavy (non-hydrogen) atoms. The van der Waals surface area contributed by atoms with Gasteiger partial charge < -0.3 is 4.57 Å². The van der Waals surface area contributed by atoms with Crippen molar-refractivity contribution in [2.45, 2.75) is 6.92 Å². The molecule has 1 aromatic heterocycles. The molecular weight excluding hydrogens is 386 g/mol. The van der Waals surface area contributed by atoms with E-state index in [9.17, 15) is 0 Å². The SMILES string of the molecule is Cc1ccccc1-n1c2ccc(-c3ccccc3)cc2c2cc(-c3ccccc3)ccc21. The Morgan fingerprint density at radius 2 is 0.906 bits per heavy atom. The zero-order valence-electron chi connectivity index (χ0n) is 18.0. The maximum absolute atomic E-state index is 2.41. The summed E-state index contributed by atoms with van der Waals surface area (Å²) >= 11 is 0. The van der Waals surface area contributed by atoms with E-state index >= 15 is 0 Å². The van der Waals surface area contributed by atoms with E-state index in [0.29, 0.717) is 0 Å². The van der Waals surface area contributed by atoms with Crippen molar-refractivity contribution in [1.29, 1.82) is 0 Å². The molecule has 0 atom stereocenters. The molecule has 152 valence electrons. The molecule has 1 heterocycles. The number of aryl methyl sites for hydroxylation is 1. The first-order valence-electron chi connectivity index (χ1n) is 11.0. The Labute approximate surface area is 188 Å². The van der Waals surface area contributed by atoms with E-state index in [1.807, 2.05) is 0 Å². The molecule has 0 radical (unpaired) electrons. The zero-order valence-corrected chi connectivity index (χ0v) is 18.0. The van der Waals surface area contributed by atoms with E-state index in [2.05, 4.69) is 133 Å². The smallest absolute Gasteiger partial charge is 0.0541 e. The van der Waals surface area contributed by atoms with Crippen molar-refractivity contribution in [3.63, 3.8) is 0 Å². The second kappa shape index (κ2) is 7.55. The third kappa shape index (κ3) is 3.02. The third-order valence-corrected chi connectivity index (χ3v) is 6.34. The van der Waals surface area contributed by atoms with Gasteiger partial charge in [-0.25, -0.2) is 0 Å². The van der Waals surface area contributed by atoms with Crippen LogP contribution in [-0.2, 0) is 0 Å². The summed E-state index contributed by atoms with van der Waals surface area (Å²) < 4.78 is 2.41. The molecule has 1 heteroatoms. The van der Waals surface area contributed by atoms with Gasteiger partial charge in [-0.15, -0.1) is 0 Å². The Morgan fingerprint density at radius 3 is 1.41 bits per heavy atom. The number of benzene rings is 5. The monoisotopic (exact) mass is 409 g/mol. The van der Waals surface area contributed by atoms with Gasteiger partial charge in [0, 0.05) is 16.5 Å². The summed E-state index contributed by atoms with van der Waals surface area (Å²) in [6.07, 6.45) is 0. The van der Waals surface area contributed by atoms with Gasteiger partial charge in [0.15, 0.2) is 0 Å². The Hall–Kier alpha value is -4.10. The minimum absolute atomic E-state index is 1.23. The molecule has 5 aromatic carbocycles. The van der Waals surface area contributed by atoms with Crippen LogP contribution in [0.2, 0.25) is 0 Å². The van der Waals surface area contributed by atoms with Crippen molar-refractivity contribution in [2.75, 3.05) is 0 Å². The van der Waals surface area contributed by atoms with E-state index in [1.165, 1.54) is 55.3 Å². The molecule has 1 nitrogen and oxygen atoms in total. The van der Waals surface area contributed by atoms with Gasteiger partial charge in [0.25, 0.3) is 0 Å². The fourth-order valence-corrected chi connectivity index (χ4v) is 4.72. The molecule has 0 aliphatic rings. The van der Waals surface area contributed by atoms with Crippen LogP contribution in [0.5, 0.6) is 0 Å². The van der Waals surface area contributed by atoms with Gasteiger partial charge in [-0.3, -0.25) is 0 Å². The average molecular weight is 410 g/mol. The molecular formula is C31H23N. The third-order valence-electron chi connectivity index (χ3n) is 6.34. The summed E-state index contributed by atoms with van der Waals surface area (Å²) in [4.78, 5) is 0. The summed E-state index contributed by atoms with van der Waals surface area (Å²) in [6, 6.07) is 43.6. The maximum atomic E-state index is 2.41. The largest absolute Gasteiger partial charge is 0.309 e. The lowest BCUT2D eigenvalue weighted by Crippen LogP contribution is -1.96. The summed E-state index contributed by atoms with van der Waals surface area (Å²) in [7, 11) is 0. The summed E-state index contributed by atoms with van der Waals surface area (Å²) in [6.45, 7) is 2.18. The highest BCUT2D eigenvalue weighted by Gasteiger charge is 2.15. The van der Waals surface area contributed by atoms with Gasteiger partial charge in [-0.1, -0.05) is 91.0 Å². The molecule has 0 saturated heterocycles. The minimum Gasteiger partial charge on any atom is -0.309 e. The van der Waals surface area contributed by atoms with E-state index in [1.54, 1.807) is 0 Å². The predicted octanol–water partition coefficient (Wildman–Crippen LogP) is 8.43. The Kier molecular flexibility index (Phi) is 4.40. The van der Waals surface area contributed by atoms with Gasteiger partial charge >= 0.3 is 0 Å². The Bertz CT molecular complexity index is 1460. The molecule has 0 N–H and O–H groups in total. The van der Waals surface area contributed by atoms with Gasteiger partial charge in [0.2, 0.25) is 0 Å². The number of para-hydroxylation sites is 1. The molecule has 6 rings (SSSR count). The zero-order chi connectivity index (χ0) is 21.5. The Morgan fingerprint density at radius 1 is 0.438 bits per heavy atom. The van der Waals surface area contributed by atoms with Crippen LogP contribution in [-0.4, -0.2) is 4.57 Å². The number of fused-ring (bicyclic) bond motifs is 3. The normalized spacial score (nSPS) is 11.3. The second-order valence-corrected chi connectivity index (χ2v) is 8.32. The lowest BCUT2D eigenvalue weighted by atomic mass is 10.0. The molecule has 0 bridgehead atoms. The first-order chi connectivity index (χ1) is 15.8. The fraction of sp³-hybridized carbons (Fsp3) is 0.0323. The topological polar surface area (TPSA) is 4.93 Å². The molecule has 0 aliphatic carbocycles. The molecule has 0 unspecified atom stereocenters. The van der Waals surface area contributed by atoms with Crippen molar-refractivity contribution < 1.29 is 0 Å². The molecule has 6 aromatic rings. The number of hydrogen-bond donors (Lipinski definition) is 0. The number of hydrogen-bond acceptors (Lipinski definition) is 0. The molecule has 0 spiro atoms. The number of aromatic nitrogens is 1. The first kappa shape index (κ1) is 18.7. The molecule has 0 aliphatic heterocycles. The highest BCUT2D eigenvalue weighted by molar-refractivity contribution is 6.11. The highest BCUT2D eigenvalue weighted by atomic mass is 15.0. The van der Waals surface area contributed by atoms with Gasteiger partial charge in [-0.05, 0) is 65.1 Å². The van der Waals surface area contributed by atoms with E-state index in [0.717, 1.165) is 0 Å². The van der Waals surface area contributed by atoms with Crippen molar-refractivity contribution in [3.05, 3.63) is 127 Å². The summed E-state index contributed by atoms with van der Waals surface area (Å²) in [5.41, 5.74) is 9.94. The van der Waals surface area contributed by atoms with Gasteiger partial charge in [-0.2, -0.15) is 0 Å². The predicted molar refractivity (Wildman–Crippen MR) is 136 cm³/mol. The van der Waals surface area contributed by atoms with Crippen LogP contribution >= 0.6 is 0 Å². The van der Waals surface area contributed by atoms with E-state index < -0.39 is 0 Å². The molecule has 0 amide bonds. The van der Waals surface area contributed by atoms with Crippen LogP contribution in [0, 0.1) is 6.92 Å². The lowest BCUT2D eigenvalue weighted by molar-refractivity contribution is 1.15. The average Bonchev–Trinajstić information content (AvgIpc) is 3.18. The van der Waals surface area contributed by atoms with E-state index in [4.69, 9.17) is 0 Å². The summed E-state index contributed by atoms with van der Waals surface area (Å²) in [5, 5.41) is 2.56. The van der Waals surface area contributed by atoms with Crippen molar-refractivity contribution in [1.82, 2.24) is 4.57 Å². The second-order valence-electron chi connectivity index (χ2n) is 8.32. The van der Waals surface area contributed by atoms with Crippen LogP contribution < -0.4 is 0 Å². The quantitative estimate of drug-likeness (QED) is 0.276.